The van der Waals surface area contributed by atoms with E-state index in [9.17, 15) is 10.2 Å². The Morgan fingerprint density at radius 1 is 1.50 bits per heavy atom. The lowest BCUT2D eigenvalue weighted by Crippen LogP contribution is -2.38. The molecule has 3 rings (SSSR count). The van der Waals surface area contributed by atoms with Crippen LogP contribution in [-0.2, 0) is 11.3 Å². The van der Waals surface area contributed by atoms with Gasteiger partial charge < -0.3 is 14.9 Å². The maximum Gasteiger partial charge on any atom is 0.126 e. The predicted octanol–water partition coefficient (Wildman–Crippen LogP) is 0.255. The van der Waals surface area contributed by atoms with Gasteiger partial charge in [-0.15, -0.1) is 0 Å². The third-order valence-electron chi connectivity index (χ3n) is 4.39. The van der Waals surface area contributed by atoms with Gasteiger partial charge in [0.1, 0.15) is 17.3 Å². The molecule has 1 aliphatic carbocycles. The summed E-state index contributed by atoms with van der Waals surface area (Å²) in [6.07, 6.45) is -0.312. The fourth-order valence-corrected chi connectivity index (χ4v) is 3.15. The lowest BCUT2D eigenvalue weighted by Gasteiger charge is -2.23. The number of hydrogen-bond donors (Lipinski definition) is 2. The van der Waals surface area contributed by atoms with Gasteiger partial charge in [0.15, 0.2) is 0 Å². The molecule has 1 saturated heterocycles. The molecule has 0 radical (unpaired) electrons. The molecule has 1 aromatic carbocycles. The molecule has 3 unspecified atom stereocenters. The van der Waals surface area contributed by atoms with E-state index in [4.69, 9.17) is 10.00 Å². The number of likely N-dealkylation sites (N-methyl/N-ethyl adjacent to an activating group) is 1. The van der Waals surface area contributed by atoms with Gasteiger partial charge in [-0.3, -0.25) is 4.90 Å². The molecular formula is C15H18N2O3. The summed E-state index contributed by atoms with van der Waals surface area (Å²) >= 11 is 0. The molecule has 5 nitrogen and oxygen atoms in total. The average Bonchev–Trinajstić information content (AvgIpc) is 2.94. The molecule has 1 saturated carbocycles. The molecule has 2 aliphatic rings. The lowest BCUT2D eigenvalue weighted by atomic mass is 10.1. The van der Waals surface area contributed by atoms with Crippen molar-refractivity contribution in [1.29, 1.82) is 5.26 Å². The number of aliphatic hydroxyl groups excluding tert-OH is 1. The Morgan fingerprint density at radius 3 is 2.85 bits per heavy atom. The summed E-state index contributed by atoms with van der Waals surface area (Å²) in [5.74, 6) is 0. The fraction of sp³-hybridized carbons (Fsp3) is 0.533. The zero-order valence-electron chi connectivity index (χ0n) is 11.4. The molecule has 20 heavy (non-hydrogen) atoms. The third-order valence-corrected chi connectivity index (χ3v) is 4.39. The second kappa shape index (κ2) is 4.54. The van der Waals surface area contributed by atoms with Gasteiger partial charge in [-0.25, -0.2) is 0 Å². The first-order valence-corrected chi connectivity index (χ1v) is 6.72. The van der Waals surface area contributed by atoms with Crippen molar-refractivity contribution in [2.24, 2.45) is 0 Å². The maximum absolute atomic E-state index is 10.2. The van der Waals surface area contributed by atoms with Crippen molar-refractivity contribution >= 4 is 0 Å². The van der Waals surface area contributed by atoms with Crippen molar-refractivity contribution < 1.29 is 14.9 Å². The molecule has 1 aliphatic heterocycles. The Balaban J connectivity index is 1.67. The Hall–Kier alpha value is -1.45. The van der Waals surface area contributed by atoms with Crippen LogP contribution in [0.5, 0.6) is 0 Å². The van der Waals surface area contributed by atoms with Gasteiger partial charge in [0.05, 0.1) is 18.2 Å². The molecule has 0 aromatic heterocycles. The molecular weight excluding hydrogens is 256 g/mol. The van der Waals surface area contributed by atoms with Crippen LogP contribution >= 0.6 is 0 Å². The van der Waals surface area contributed by atoms with E-state index in [0.29, 0.717) is 25.1 Å². The first-order valence-electron chi connectivity index (χ1n) is 6.72. The Kier molecular flexibility index (Phi) is 3.07. The Bertz CT molecular complexity index is 566. The standard InChI is InChI=1S/C15H18N2O3/c1-17(7-12-5-3-2-4-11(12)6-16)10-14-9-15(14,19)13(18)8-20-14/h2-5,13,18-19H,7-10H2,1H3. The van der Waals surface area contributed by atoms with Crippen LogP contribution in [0.3, 0.4) is 0 Å². The van der Waals surface area contributed by atoms with Crippen molar-refractivity contribution in [3.05, 3.63) is 35.4 Å². The van der Waals surface area contributed by atoms with Crippen molar-refractivity contribution in [2.45, 2.75) is 30.3 Å². The van der Waals surface area contributed by atoms with Crippen LogP contribution in [0.4, 0.5) is 0 Å². The van der Waals surface area contributed by atoms with E-state index < -0.39 is 17.3 Å². The van der Waals surface area contributed by atoms with Crippen molar-refractivity contribution in [2.75, 3.05) is 20.2 Å². The molecule has 1 aromatic rings. The monoisotopic (exact) mass is 274 g/mol. The summed E-state index contributed by atoms with van der Waals surface area (Å²) in [7, 11) is 1.93. The zero-order valence-corrected chi connectivity index (χ0v) is 11.4. The fourth-order valence-electron chi connectivity index (χ4n) is 3.15. The molecule has 1 heterocycles. The van der Waals surface area contributed by atoms with Crippen LogP contribution in [0, 0.1) is 11.3 Å². The average molecular weight is 274 g/mol. The summed E-state index contributed by atoms with van der Waals surface area (Å²) in [6.45, 7) is 1.35. The number of hydrogen-bond acceptors (Lipinski definition) is 5. The molecule has 0 amide bonds. The predicted molar refractivity (Wildman–Crippen MR) is 71.7 cm³/mol. The number of nitriles is 1. The molecule has 3 atom stereocenters. The topological polar surface area (TPSA) is 76.7 Å². The van der Waals surface area contributed by atoms with E-state index in [1.165, 1.54) is 0 Å². The summed E-state index contributed by atoms with van der Waals surface area (Å²) in [5, 5.41) is 29.0. The minimum atomic E-state index is -1.09. The van der Waals surface area contributed by atoms with Crippen LogP contribution in [0.2, 0.25) is 0 Å². The highest BCUT2D eigenvalue weighted by molar-refractivity contribution is 5.37. The first kappa shape index (κ1) is 13.5. The quantitative estimate of drug-likeness (QED) is 0.823. The highest BCUT2D eigenvalue weighted by atomic mass is 16.6. The second-order valence-corrected chi connectivity index (χ2v) is 5.86. The number of rotatable bonds is 4. The highest BCUT2D eigenvalue weighted by Gasteiger charge is 2.76. The molecule has 0 bridgehead atoms. The van der Waals surface area contributed by atoms with E-state index in [1.54, 1.807) is 6.07 Å². The van der Waals surface area contributed by atoms with Crippen LogP contribution in [0.25, 0.3) is 0 Å². The van der Waals surface area contributed by atoms with E-state index in [-0.39, 0.29) is 6.61 Å². The van der Waals surface area contributed by atoms with Gasteiger partial charge >= 0.3 is 0 Å². The molecule has 0 spiro atoms. The summed E-state index contributed by atoms with van der Waals surface area (Å²) < 4.78 is 5.59. The summed E-state index contributed by atoms with van der Waals surface area (Å²) in [6, 6.07) is 9.66. The number of ether oxygens (including phenoxy) is 1. The van der Waals surface area contributed by atoms with Gasteiger partial charge in [0.25, 0.3) is 0 Å². The molecule has 2 N–H and O–H groups in total. The van der Waals surface area contributed by atoms with Gasteiger partial charge in [0.2, 0.25) is 0 Å². The van der Waals surface area contributed by atoms with Crippen LogP contribution < -0.4 is 0 Å². The minimum Gasteiger partial charge on any atom is -0.388 e. The number of benzene rings is 1. The second-order valence-electron chi connectivity index (χ2n) is 5.86. The molecule has 2 fully saturated rings. The van der Waals surface area contributed by atoms with Crippen LogP contribution in [0.15, 0.2) is 24.3 Å². The number of aliphatic hydroxyl groups is 2. The van der Waals surface area contributed by atoms with E-state index in [1.807, 2.05) is 30.1 Å². The van der Waals surface area contributed by atoms with E-state index >= 15 is 0 Å². The maximum atomic E-state index is 10.2. The van der Waals surface area contributed by atoms with Crippen molar-refractivity contribution in [1.82, 2.24) is 4.90 Å². The smallest absolute Gasteiger partial charge is 0.126 e. The molecule has 106 valence electrons. The molecule has 5 heteroatoms. The normalized spacial score (nSPS) is 34.9. The Morgan fingerprint density at radius 2 is 2.25 bits per heavy atom. The highest BCUT2D eigenvalue weighted by Crippen LogP contribution is 2.57. The number of fused-ring (bicyclic) bond motifs is 1. The van der Waals surface area contributed by atoms with E-state index in [0.717, 1.165) is 5.56 Å². The van der Waals surface area contributed by atoms with Crippen LogP contribution in [-0.4, -0.2) is 52.6 Å². The van der Waals surface area contributed by atoms with Crippen LogP contribution in [0.1, 0.15) is 17.5 Å². The van der Waals surface area contributed by atoms with Crippen molar-refractivity contribution in [3.63, 3.8) is 0 Å². The van der Waals surface area contributed by atoms with Gasteiger partial charge in [-0.1, -0.05) is 18.2 Å². The SMILES string of the molecule is CN(Cc1ccccc1C#N)CC12CC1(O)C(O)CO2. The largest absolute Gasteiger partial charge is 0.388 e. The summed E-state index contributed by atoms with van der Waals surface area (Å²) in [4.78, 5) is 2.02. The Labute approximate surface area is 118 Å². The van der Waals surface area contributed by atoms with Crippen molar-refractivity contribution in [3.8, 4) is 6.07 Å². The minimum absolute atomic E-state index is 0.194. The first-order chi connectivity index (χ1) is 9.51. The van der Waals surface area contributed by atoms with Gasteiger partial charge in [-0.05, 0) is 18.7 Å². The van der Waals surface area contributed by atoms with Gasteiger partial charge in [-0.2, -0.15) is 5.26 Å². The third kappa shape index (κ3) is 1.93. The lowest BCUT2D eigenvalue weighted by molar-refractivity contribution is 0.00694. The van der Waals surface area contributed by atoms with Gasteiger partial charge in [0, 0.05) is 19.5 Å². The number of nitrogens with zero attached hydrogens (tertiary/aromatic N) is 2. The zero-order chi connectivity index (χ0) is 14.4. The van der Waals surface area contributed by atoms with E-state index in [2.05, 4.69) is 6.07 Å². The summed E-state index contributed by atoms with van der Waals surface area (Å²) in [5.41, 5.74) is -0.106.